The lowest BCUT2D eigenvalue weighted by Gasteiger charge is -2.33. The van der Waals surface area contributed by atoms with Gasteiger partial charge in [0.15, 0.2) is 0 Å². The molecule has 3 rings (SSSR count). The zero-order valence-electron chi connectivity index (χ0n) is 22.2. The maximum absolute atomic E-state index is 13.9. The molecule has 212 valence electrons. The van der Waals surface area contributed by atoms with Crippen LogP contribution >= 0.6 is 0 Å². The highest BCUT2D eigenvalue weighted by Crippen LogP contribution is 2.26. The van der Waals surface area contributed by atoms with Gasteiger partial charge in [-0.25, -0.2) is 12.8 Å². The first kappa shape index (κ1) is 30.2. The second-order valence-electron chi connectivity index (χ2n) is 8.96. The molecule has 1 unspecified atom stereocenters. The molecule has 0 aliphatic rings. The minimum atomic E-state index is -4.30. The van der Waals surface area contributed by atoms with E-state index in [1.54, 1.807) is 13.0 Å². The van der Waals surface area contributed by atoms with E-state index in [0.717, 1.165) is 16.4 Å². The minimum absolute atomic E-state index is 0.0352. The molecule has 0 saturated carbocycles. The number of nitrogens with one attached hydrogen (secondary N) is 1. The molecule has 0 heterocycles. The van der Waals surface area contributed by atoms with Crippen molar-refractivity contribution in [3.05, 3.63) is 100 Å². The number of carbonyl (C=O) groups excluding carboxylic acids is 2. The van der Waals surface area contributed by atoms with Crippen LogP contribution in [0.25, 0.3) is 0 Å². The van der Waals surface area contributed by atoms with Gasteiger partial charge in [0.25, 0.3) is 15.7 Å². The van der Waals surface area contributed by atoms with Gasteiger partial charge in [-0.3, -0.25) is 24.0 Å². The molecule has 1 atom stereocenters. The van der Waals surface area contributed by atoms with Gasteiger partial charge in [-0.15, -0.1) is 0 Å². The molecule has 3 aromatic rings. The van der Waals surface area contributed by atoms with Gasteiger partial charge in [0.2, 0.25) is 11.8 Å². The number of benzene rings is 3. The summed E-state index contributed by atoms with van der Waals surface area (Å²) < 4.78 is 41.9. The Morgan fingerprint density at radius 2 is 1.60 bits per heavy atom. The molecule has 40 heavy (non-hydrogen) atoms. The van der Waals surface area contributed by atoms with Gasteiger partial charge in [-0.2, -0.15) is 0 Å². The van der Waals surface area contributed by atoms with E-state index in [4.69, 9.17) is 0 Å². The number of nitro benzene ring substituents is 1. The average Bonchev–Trinajstić information content (AvgIpc) is 2.96. The molecule has 2 amide bonds. The summed E-state index contributed by atoms with van der Waals surface area (Å²) in [6.45, 7) is 3.25. The third-order valence-corrected chi connectivity index (χ3v) is 7.95. The van der Waals surface area contributed by atoms with Gasteiger partial charge in [-0.1, -0.05) is 44.2 Å². The Kier molecular flexibility index (Phi) is 10.3. The highest BCUT2D eigenvalue weighted by Gasteiger charge is 2.33. The Hall–Kier alpha value is -4.32. The van der Waals surface area contributed by atoms with Crippen molar-refractivity contribution in [2.45, 2.75) is 44.2 Å². The first-order valence-electron chi connectivity index (χ1n) is 12.7. The summed E-state index contributed by atoms with van der Waals surface area (Å²) in [6, 6.07) is 16.8. The minimum Gasteiger partial charge on any atom is -0.354 e. The molecule has 0 spiro atoms. The number of halogens is 1. The lowest BCUT2D eigenvalue weighted by atomic mass is 10.1. The average molecular weight is 571 g/mol. The van der Waals surface area contributed by atoms with Gasteiger partial charge >= 0.3 is 0 Å². The van der Waals surface area contributed by atoms with E-state index in [2.05, 4.69) is 5.32 Å². The van der Waals surface area contributed by atoms with Crippen LogP contribution in [0, 0.1) is 15.9 Å². The number of amides is 2. The monoisotopic (exact) mass is 570 g/mol. The van der Waals surface area contributed by atoms with Gasteiger partial charge < -0.3 is 10.2 Å². The van der Waals surface area contributed by atoms with Crippen LogP contribution in [-0.4, -0.2) is 49.2 Å². The summed E-state index contributed by atoms with van der Waals surface area (Å²) in [4.78, 5) is 38.7. The number of nitrogens with zero attached hydrogens (tertiary/aromatic N) is 3. The summed E-state index contributed by atoms with van der Waals surface area (Å²) in [7, 11) is -4.30. The summed E-state index contributed by atoms with van der Waals surface area (Å²) in [5.74, 6) is -1.54. The van der Waals surface area contributed by atoms with Crippen molar-refractivity contribution in [3.8, 4) is 0 Å². The Morgan fingerprint density at radius 3 is 2.15 bits per heavy atom. The van der Waals surface area contributed by atoms with Crippen LogP contribution < -0.4 is 9.62 Å². The lowest BCUT2D eigenvalue weighted by Crippen LogP contribution is -2.52. The predicted molar refractivity (Wildman–Crippen MR) is 148 cm³/mol. The Bertz CT molecular complexity index is 1420. The molecule has 0 aromatic heterocycles. The third kappa shape index (κ3) is 7.41. The quantitative estimate of drug-likeness (QED) is 0.241. The fourth-order valence-corrected chi connectivity index (χ4v) is 5.50. The smallest absolute Gasteiger partial charge is 0.269 e. The summed E-state index contributed by atoms with van der Waals surface area (Å²) in [5, 5.41) is 13.9. The number of nitro groups is 1. The van der Waals surface area contributed by atoms with E-state index in [1.807, 2.05) is 6.92 Å². The number of sulfonamides is 1. The highest BCUT2D eigenvalue weighted by molar-refractivity contribution is 7.92. The van der Waals surface area contributed by atoms with E-state index in [0.29, 0.717) is 18.5 Å². The summed E-state index contributed by atoms with van der Waals surface area (Å²) in [6.07, 6.45) is 0.919. The maximum Gasteiger partial charge on any atom is 0.269 e. The van der Waals surface area contributed by atoms with Gasteiger partial charge in [0.1, 0.15) is 18.4 Å². The van der Waals surface area contributed by atoms with Crippen LogP contribution in [0.4, 0.5) is 15.8 Å². The van der Waals surface area contributed by atoms with Crippen molar-refractivity contribution in [1.29, 1.82) is 0 Å². The van der Waals surface area contributed by atoms with Crippen molar-refractivity contribution >= 4 is 33.2 Å². The van der Waals surface area contributed by atoms with Crippen LogP contribution in [-0.2, 0) is 26.2 Å². The second-order valence-corrected chi connectivity index (χ2v) is 10.8. The Balaban J connectivity index is 2.05. The number of hydrogen-bond donors (Lipinski definition) is 1. The zero-order chi connectivity index (χ0) is 29.3. The molecule has 0 aliphatic carbocycles. The number of carbonyl (C=O) groups is 2. The highest BCUT2D eigenvalue weighted by atomic mass is 32.2. The van der Waals surface area contributed by atoms with Crippen LogP contribution in [0.15, 0.2) is 83.8 Å². The number of anilines is 1. The van der Waals surface area contributed by atoms with Crippen molar-refractivity contribution < 1.29 is 27.3 Å². The van der Waals surface area contributed by atoms with E-state index < -0.39 is 45.2 Å². The first-order chi connectivity index (χ1) is 19.1. The van der Waals surface area contributed by atoms with Crippen molar-refractivity contribution in [1.82, 2.24) is 10.2 Å². The summed E-state index contributed by atoms with van der Waals surface area (Å²) >= 11 is 0. The SMILES string of the molecule is CCCNC(=O)C(CC)N(Cc1ccc(F)cc1)C(=O)CN(c1ccc([N+](=O)[O-])cc1)S(=O)(=O)c1ccccc1. The van der Waals surface area contributed by atoms with E-state index in [-0.39, 0.29) is 29.2 Å². The molecule has 0 bridgehead atoms. The second kappa shape index (κ2) is 13.7. The first-order valence-corrected chi connectivity index (χ1v) is 14.2. The molecule has 10 nitrogen and oxygen atoms in total. The Morgan fingerprint density at radius 1 is 0.975 bits per heavy atom. The maximum atomic E-state index is 13.9. The zero-order valence-corrected chi connectivity index (χ0v) is 23.0. The van der Waals surface area contributed by atoms with Crippen molar-refractivity contribution in [3.63, 3.8) is 0 Å². The molecule has 0 radical (unpaired) electrons. The fourth-order valence-electron chi connectivity index (χ4n) is 4.06. The topological polar surface area (TPSA) is 130 Å². The van der Waals surface area contributed by atoms with Crippen molar-refractivity contribution in [2.75, 3.05) is 17.4 Å². The molecule has 0 fully saturated rings. The molecular formula is C28H31FN4O6S. The summed E-state index contributed by atoms with van der Waals surface area (Å²) in [5.41, 5.74) is 0.334. The predicted octanol–water partition coefficient (Wildman–Crippen LogP) is 4.26. The van der Waals surface area contributed by atoms with Crippen LogP contribution in [0.2, 0.25) is 0 Å². The fraction of sp³-hybridized carbons (Fsp3) is 0.286. The number of non-ortho nitro benzene ring substituents is 1. The van der Waals surface area contributed by atoms with Crippen LogP contribution in [0.1, 0.15) is 32.3 Å². The lowest BCUT2D eigenvalue weighted by molar-refractivity contribution is -0.384. The van der Waals surface area contributed by atoms with Gasteiger partial charge in [-0.05, 0) is 54.8 Å². The standard InChI is InChI=1S/C28H31FN4O6S/c1-3-18-30-28(35)26(4-2)31(19-21-10-12-22(29)13-11-21)27(34)20-32(23-14-16-24(17-15-23)33(36)37)40(38,39)25-8-6-5-7-9-25/h5-17,26H,3-4,18-20H2,1-2H3,(H,30,35). The van der Waals surface area contributed by atoms with E-state index in [1.165, 1.54) is 65.6 Å². The molecule has 1 N–H and O–H groups in total. The number of hydrogen-bond acceptors (Lipinski definition) is 6. The largest absolute Gasteiger partial charge is 0.354 e. The van der Waals surface area contributed by atoms with E-state index >= 15 is 0 Å². The van der Waals surface area contributed by atoms with Crippen molar-refractivity contribution in [2.24, 2.45) is 0 Å². The molecular weight excluding hydrogens is 539 g/mol. The normalized spacial score (nSPS) is 11.9. The molecule has 12 heteroatoms. The molecule has 3 aromatic carbocycles. The van der Waals surface area contributed by atoms with Gasteiger partial charge in [0.05, 0.1) is 15.5 Å². The molecule has 0 aliphatic heterocycles. The number of rotatable bonds is 13. The van der Waals surface area contributed by atoms with Crippen LogP contribution in [0.5, 0.6) is 0 Å². The molecule has 0 saturated heterocycles. The van der Waals surface area contributed by atoms with E-state index in [9.17, 15) is 32.5 Å². The third-order valence-electron chi connectivity index (χ3n) is 6.16. The van der Waals surface area contributed by atoms with Crippen LogP contribution in [0.3, 0.4) is 0 Å². The van der Waals surface area contributed by atoms with Gasteiger partial charge in [0, 0.05) is 25.2 Å². The Labute approximate surface area is 232 Å².